The van der Waals surface area contributed by atoms with Crippen LogP contribution >= 0.6 is 0 Å². The number of carbonyl (C=O) groups is 1. The predicted octanol–water partition coefficient (Wildman–Crippen LogP) is 2.88. The van der Waals surface area contributed by atoms with E-state index < -0.39 is 0 Å². The van der Waals surface area contributed by atoms with Crippen molar-refractivity contribution in [2.45, 2.75) is 26.3 Å². The van der Waals surface area contributed by atoms with E-state index in [1.54, 1.807) is 0 Å². The Morgan fingerprint density at radius 1 is 1.17 bits per heavy atom. The first-order chi connectivity index (χ1) is 11.5. The van der Waals surface area contributed by atoms with Gasteiger partial charge in [-0.15, -0.1) is 0 Å². The Hall–Kier alpha value is -2.95. The van der Waals surface area contributed by atoms with Crippen molar-refractivity contribution in [1.82, 2.24) is 15.3 Å². The van der Waals surface area contributed by atoms with E-state index in [9.17, 15) is 4.79 Å². The van der Waals surface area contributed by atoms with Crippen LogP contribution in [0, 0.1) is 6.92 Å². The first-order valence-electron chi connectivity index (χ1n) is 7.91. The van der Waals surface area contributed by atoms with Gasteiger partial charge in [0.15, 0.2) is 0 Å². The fourth-order valence-corrected chi connectivity index (χ4v) is 2.74. The molecular weight excluding hydrogens is 300 g/mol. The van der Waals surface area contributed by atoms with Gasteiger partial charge in [0, 0.05) is 11.4 Å². The highest BCUT2D eigenvalue weighted by Crippen LogP contribution is 2.18. The van der Waals surface area contributed by atoms with E-state index in [4.69, 9.17) is 5.73 Å². The second kappa shape index (κ2) is 6.66. The van der Waals surface area contributed by atoms with E-state index in [-0.39, 0.29) is 17.9 Å². The molecular formula is C19H20N4O. The maximum atomic E-state index is 12.7. The molecule has 1 atom stereocenters. The number of fused-ring (bicyclic) bond motifs is 1. The Morgan fingerprint density at radius 2 is 1.92 bits per heavy atom. The van der Waals surface area contributed by atoms with E-state index in [1.807, 2.05) is 62.4 Å². The largest absolute Gasteiger partial charge is 0.368 e. The Labute approximate surface area is 140 Å². The zero-order valence-electron chi connectivity index (χ0n) is 13.8. The molecule has 5 heteroatoms. The molecule has 122 valence electrons. The van der Waals surface area contributed by atoms with Gasteiger partial charge in [-0.1, -0.05) is 42.0 Å². The van der Waals surface area contributed by atoms with Crippen LogP contribution < -0.4 is 11.1 Å². The lowest BCUT2D eigenvalue weighted by Crippen LogP contribution is -2.35. The maximum Gasteiger partial charge on any atom is 0.270 e. The number of nitrogen functional groups attached to an aromatic ring is 1. The van der Waals surface area contributed by atoms with Gasteiger partial charge in [0.2, 0.25) is 5.95 Å². The van der Waals surface area contributed by atoms with Crippen LogP contribution in [0.1, 0.15) is 28.5 Å². The molecule has 1 aromatic heterocycles. The minimum Gasteiger partial charge on any atom is -0.368 e. The topological polar surface area (TPSA) is 80.9 Å². The molecule has 3 aromatic rings. The molecule has 0 aliphatic rings. The number of hydrogen-bond acceptors (Lipinski definition) is 4. The highest BCUT2D eigenvalue weighted by molar-refractivity contribution is 6.04. The summed E-state index contributed by atoms with van der Waals surface area (Å²) in [6, 6.07) is 15.7. The fourth-order valence-electron chi connectivity index (χ4n) is 2.74. The lowest BCUT2D eigenvalue weighted by Gasteiger charge is -2.15. The van der Waals surface area contributed by atoms with Gasteiger partial charge >= 0.3 is 0 Å². The van der Waals surface area contributed by atoms with E-state index in [2.05, 4.69) is 15.3 Å². The predicted molar refractivity (Wildman–Crippen MR) is 95.8 cm³/mol. The highest BCUT2D eigenvalue weighted by atomic mass is 16.1. The molecule has 0 spiro atoms. The molecule has 1 heterocycles. The van der Waals surface area contributed by atoms with Crippen molar-refractivity contribution in [2.24, 2.45) is 0 Å². The van der Waals surface area contributed by atoms with E-state index >= 15 is 0 Å². The number of anilines is 1. The summed E-state index contributed by atoms with van der Waals surface area (Å²) in [7, 11) is 0. The van der Waals surface area contributed by atoms with E-state index in [1.165, 1.54) is 5.56 Å². The second-order valence-corrected chi connectivity index (χ2v) is 6.02. The third-order valence-corrected chi connectivity index (χ3v) is 3.85. The average Bonchev–Trinajstić information content (AvgIpc) is 2.55. The van der Waals surface area contributed by atoms with Crippen molar-refractivity contribution < 1.29 is 4.79 Å². The molecule has 3 N–H and O–H groups in total. The van der Waals surface area contributed by atoms with E-state index in [0.29, 0.717) is 16.6 Å². The third-order valence-electron chi connectivity index (χ3n) is 3.85. The van der Waals surface area contributed by atoms with Gasteiger partial charge < -0.3 is 11.1 Å². The van der Waals surface area contributed by atoms with Gasteiger partial charge in [0.25, 0.3) is 5.91 Å². The first kappa shape index (κ1) is 15.9. The molecule has 0 saturated heterocycles. The maximum absolute atomic E-state index is 12.7. The Morgan fingerprint density at radius 3 is 2.67 bits per heavy atom. The molecule has 0 radical (unpaired) electrons. The molecule has 0 saturated carbocycles. The molecule has 1 unspecified atom stereocenters. The minimum absolute atomic E-state index is 0.0176. The third kappa shape index (κ3) is 3.51. The molecule has 0 aliphatic heterocycles. The van der Waals surface area contributed by atoms with Crippen molar-refractivity contribution in [3.05, 3.63) is 65.4 Å². The van der Waals surface area contributed by atoms with Crippen LogP contribution in [0.3, 0.4) is 0 Å². The summed E-state index contributed by atoms with van der Waals surface area (Å²) in [5, 5.41) is 3.72. The minimum atomic E-state index is -0.233. The summed E-state index contributed by atoms with van der Waals surface area (Å²) in [6.07, 6.45) is 0.754. The van der Waals surface area contributed by atoms with Crippen LogP contribution in [0.5, 0.6) is 0 Å². The van der Waals surface area contributed by atoms with Crippen molar-refractivity contribution in [1.29, 1.82) is 0 Å². The number of rotatable bonds is 4. The van der Waals surface area contributed by atoms with Crippen LogP contribution in [-0.4, -0.2) is 21.9 Å². The van der Waals surface area contributed by atoms with Crippen molar-refractivity contribution in [3.8, 4) is 0 Å². The van der Waals surface area contributed by atoms with Crippen molar-refractivity contribution >= 4 is 22.8 Å². The van der Waals surface area contributed by atoms with Gasteiger partial charge in [0.1, 0.15) is 5.69 Å². The van der Waals surface area contributed by atoms with Gasteiger partial charge in [-0.25, -0.2) is 9.97 Å². The van der Waals surface area contributed by atoms with Crippen LogP contribution in [0.2, 0.25) is 0 Å². The number of hydrogen-bond donors (Lipinski definition) is 2. The lowest BCUT2D eigenvalue weighted by atomic mass is 10.1. The standard InChI is InChI=1S/C19H20N4O/c1-12-8-9-16-15(10-12)17(23-19(20)22-16)18(24)21-13(2)11-14-6-4-3-5-7-14/h3-10,13H,11H2,1-2H3,(H,21,24)(H2,20,22,23). The summed E-state index contributed by atoms with van der Waals surface area (Å²) in [4.78, 5) is 21.0. The summed E-state index contributed by atoms with van der Waals surface area (Å²) in [5.74, 6) is -0.129. The SMILES string of the molecule is Cc1ccc2nc(N)nc(C(=O)NC(C)Cc3ccccc3)c2c1. The van der Waals surface area contributed by atoms with Gasteiger partial charge in [-0.3, -0.25) is 4.79 Å². The molecule has 0 aliphatic carbocycles. The van der Waals surface area contributed by atoms with Crippen LogP contribution in [0.25, 0.3) is 10.9 Å². The summed E-state index contributed by atoms with van der Waals surface area (Å²) in [5.41, 5.74) is 8.97. The van der Waals surface area contributed by atoms with Crippen LogP contribution in [0.4, 0.5) is 5.95 Å². The average molecular weight is 320 g/mol. The normalized spacial score (nSPS) is 12.1. The first-order valence-corrected chi connectivity index (χ1v) is 7.91. The van der Waals surface area contributed by atoms with Gasteiger partial charge in [-0.05, 0) is 38.0 Å². The Bertz CT molecular complexity index is 877. The number of amides is 1. The smallest absolute Gasteiger partial charge is 0.270 e. The monoisotopic (exact) mass is 320 g/mol. The highest BCUT2D eigenvalue weighted by Gasteiger charge is 2.16. The summed E-state index contributed by atoms with van der Waals surface area (Å²) >= 11 is 0. The number of aromatic nitrogens is 2. The number of nitrogens with one attached hydrogen (secondary N) is 1. The van der Waals surface area contributed by atoms with Crippen molar-refractivity contribution in [3.63, 3.8) is 0 Å². The van der Waals surface area contributed by atoms with E-state index in [0.717, 1.165) is 12.0 Å². The number of nitrogens with zero attached hydrogens (tertiary/aromatic N) is 2. The summed E-state index contributed by atoms with van der Waals surface area (Å²) < 4.78 is 0. The zero-order valence-corrected chi connectivity index (χ0v) is 13.8. The second-order valence-electron chi connectivity index (χ2n) is 6.02. The quantitative estimate of drug-likeness (QED) is 0.774. The molecule has 5 nitrogen and oxygen atoms in total. The molecule has 0 fully saturated rings. The van der Waals surface area contributed by atoms with Crippen LogP contribution in [-0.2, 0) is 6.42 Å². The summed E-state index contributed by atoms with van der Waals surface area (Å²) in [6.45, 7) is 3.94. The molecule has 0 bridgehead atoms. The van der Waals surface area contributed by atoms with Crippen LogP contribution in [0.15, 0.2) is 48.5 Å². The molecule has 3 rings (SSSR count). The number of carbonyl (C=O) groups excluding carboxylic acids is 1. The van der Waals surface area contributed by atoms with Crippen molar-refractivity contribution in [2.75, 3.05) is 5.73 Å². The van der Waals surface area contributed by atoms with Gasteiger partial charge in [0.05, 0.1) is 5.52 Å². The zero-order chi connectivity index (χ0) is 17.1. The number of benzene rings is 2. The lowest BCUT2D eigenvalue weighted by molar-refractivity contribution is 0.0937. The molecule has 1 amide bonds. The number of aryl methyl sites for hydroxylation is 1. The fraction of sp³-hybridized carbons (Fsp3) is 0.211. The molecule has 2 aromatic carbocycles. The van der Waals surface area contributed by atoms with Gasteiger partial charge in [-0.2, -0.15) is 0 Å². The molecule has 24 heavy (non-hydrogen) atoms. The Kier molecular flexibility index (Phi) is 4.42. The Balaban J connectivity index is 1.84. The number of nitrogens with two attached hydrogens (primary N) is 1.